The van der Waals surface area contributed by atoms with E-state index in [9.17, 15) is 9.90 Å². The summed E-state index contributed by atoms with van der Waals surface area (Å²) in [4.78, 5) is 15.6. The molecule has 0 bridgehead atoms. The van der Waals surface area contributed by atoms with Gasteiger partial charge in [0, 0.05) is 6.20 Å². The van der Waals surface area contributed by atoms with E-state index in [0.29, 0.717) is 11.6 Å². The van der Waals surface area contributed by atoms with E-state index < -0.39 is 12.0 Å². The first-order chi connectivity index (χ1) is 9.54. The molecule has 2 rings (SSSR count). The molecule has 0 amide bonds. The van der Waals surface area contributed by atoms with Gasteiger partial charge in [-0.25, -0.2) is 9.78 Å². The Morgan fingerprint density at radius 1 is 1.35 bits per heavy atom. The first kappa shape index (κ1) is 14.1. The molecule has 2 aromatic rings. The van der Waals surface area contributed by atoms with Crippen LogP contribution in [-0.2, 0) is 4.79 Å². The Kier molecular flexibility index (Phi) is 4.08. The second kappa shape index (κ2) is 5.77. The number of nitrogens with zero attached hydrogens (tertiary/aromatic N) is 1. The summed E-state index contributed by atoms with van der Waals surface area (Å²) >= 11 is 0. The number of carbonyl (C=O) groups is 1. The summed E-state index contributed by atoms with van der Waals surface area (Å²) in [5.41, 5.74) is 0. The zero-order valence-electron chi connectivity index (χ0n) is 11.8. The number of rotatable bonds is 5. The van der Waals surface area contributed by atoms with E-state index in [1.54, 1.807) is 13.3 Å². The van der Waals surface area contributed by atoms with Crippen molar-refractivity contribution in [2.75, 3.05) is 12.4 Å². The Labute approximate surface area is 117 Å². The third kappa shape index (κ3) is 2.66. The molecule has 106 valence electrons. The van der Waals surface area contributed by atoms with Gasteiger partial charge in [-0.1, -0.05) is 26.0 Å². The van der Waals surface area contributed by atoms with Crippen LogP contribution in [0.5, 0.6) is 5.75 Å². The zero-order valence-corrected chi connectivity index (χ0v) is 11.8. The molecule has 0 aliphatic heterocycles. The van der Waals surface area contributed by atoms with E-state index >= 15 is 0 Å². The van der Waals surface area contributed by atoms with Crippen LogP contribution in [0.25, 0.3) is 10.8 Å². The molecule has 2 N–H and O–H groups in total. The number of aromatic nitrogens is 1. The van der Waals surface area contributed by atoms with E-state index in [2.05, 4.69) is 10.3 Å². The van der Waals surface area contributed by atoms with Gasteiger partial charge in [0.25, 0.3) is 0 Å². The SMILES string of the molecule is COc1cccc2ccnc(NC(C(=O)O)C(C)C)c12. The van der Waals surface area contributed by atoms with Gasteiger partial charge in [-0.2, -0.15) is 0 Å². The van der Waals surface area contributed by atoms with E-state index in [1.807, 2.05) is 38.1 Å². The molecule has 5 heteroatoms. The lowest BCUT2D eigenvalue weighted by Crippen LogP contribution is -2.34. The summed E-state index contributed by atoms with van der Waals surface area (Å²) in [5.74, 6) is 0.250. The fraction of sp³-hybridized carbons (Fsp3) is 0.333. The minimum atomic E-state index is -0.895. The van der Waals surface area contributed by atoms with Crippen LogP contribution in [0, 0.1) is 5.92 Å². The van der Waals surface area contributed by atoms with Crippen molar-refractivity contribution in [3.05, 3.63) is 30.5 Å². The zero-order chi connectivity index (χ0) is 14.7. The molecule has 1 unspecified atom stereocenters. The lowest BCUT2D eigenvalue weighted by atomic mass is 10.0. The van der Waals surface area contributed by atoms with Crippen LogP contribution < -0.4 is 10.1 Å². The minimum absolute atomic E-state index is 0.0562. The summed E-state index contributed by atoms with van der Waals surface area (Å²) in [5, 5.41) is 14.0. The van der Waals surface area contributed by atoms with Gasteiger partial charge in [0.2, 0.25) is 0 Å². The van der Waals surface area contributed by atoms with E-state index in [1.165, 1.54) is 0 Å². The highest BCUT2D eigenvalue weighted by molar-refractivity contribution is 5.97. The van der Waals surface area contributed by atoms with Crippen molar-refractivity contribution in [3.8, 4) is 5.75 Å². The van der Waals surface area contributed by atoms with Crippen molar-refractivity contribution in [1.29, 1.82) is 0 Å². The lowest BCUT2D eigenvalue weighted by molar-refractivity contribution is -0.138. The van der Waals surface area contributed by atoms with Gasteiger partial charge in [-0.05, 0) is 23.4 Å². The Bertz CT molecular complexity index is 620. The van der Waals surface area contributed by atoms with Crippen molar-refractivity contribution < 1.29 is 14.6 Å². The number of fused-ring (bicyclic) bond motifs is 1. The van der Waals surface area contributed by atoms with Gasteiger partial charge >= 0.3 is 5.97 Å². The first-order valence-electron chi connectivity index (χ1n) is 6.45. The first-order valence-corrected chi connectivity index (χ1v) is 6.45. The summed E-state index contributed by atoms with van der Waals surface area (Å²) in [6.45, 7) is 3.71. The fourth-order valence-corrected chi connectivity index (χ4v) is 2.14. The molecule has 0 fully saturated rings. The number of benzene rings is 1. The molecule has 0 radical (unpaired) electrons. The van der Waals surface area contributed by atoms with E-state index in [0.717, 1.165) is 10.8 Å². The molecular formula is C15H18N2O3. The second-order valence-corrected chi connectivity index (χ2v) is 4.92. The molecule has 0 saturated carbocycles. The maximum atomic E-state index is 11.3. The van der Waals surface area contributed by atoms with Gasteiger partial charge in [-0.15, -0.1) is 0 Å². The average Bonchev–Trinajstić information content (AvgIpc) is 2.43. The topological polar surface area (TPSA) is 71.5 Å². The molecule has 1 aromatic heterocycles. The standard InChI is InChI=1S/C15H18N2O3/c1-9(2)13(15(18)19)17-14-12-10(7-8-16-14)5-4-6-11(12)20-3/h4-9,13H,1-3H3,(H,16,17)(H,18,19). The molecule has 20 heavy (non-hydrogen) atoms. The molecule has 0 aliphatic carbocycles. The maximum absolute atomic E-state index is 11.3. The molecule has 1 heterocycles. The quantitative estimate of drug-likeness (QED) is 0.877. The van der Waals surface area contributed by atoms with E-state index in [-0.39, 0.29) is 5.92 Å². The largest absolute Gasteiger partial charge is 0.496 e. The maximum Gasteiger partial charge on any atom is 0.326 e. The predicted octanol–water partition coefficient (Wildman–Crippen LogP) is 2.76. The number of methoxy groups -OCH3 is 1. The predicted molar refractivity (Wildman–Crippen MR) is 78.2 cm³/mol. The molecule has 5 nitrogen and oxygen atoms in total. The van der Waals surface area contributed by atoms with Crippen LogP contribution in [-0.4, -0.2) is 29.2 Å². The second-order valence-electron chi connectivity index (χ2n) is 4.92. The van der Waals surface area contributed by atoms with Crippen molar-refractivity contribution in [2.24, 2.45) is 5.92 Å². The Hall–Kier alpha value is -2.30. The normalized spacial score (nSPS) is 12.4. The molecule has 1 aromatic carbocycles. The van der Waals surface area contributed by atoms with Crippen LogP contribution in [0.1, 0.15) is 13.8 Å². The van der Waals surface area contributed by atoms with Gasteiger partial charge in [0.1, 0.15) is 17.6 Å². The van der Waals surface area contributed by atoms with Gasteiger partial charge in [0.15, 0.2) is 0 Å². The van der Waals surface area contributed by atoms with Crippen molar-refractivity contribution in [2.45, 2.75) is 19.9 Å². The van der Waals surface area contributed by atoms with Crippen molar-refractivity contribution in [3.63, 3.8) is 0 Å². The number of nitrogens with one attached hydrogen (secondary N) is 1. The smallest absolute Gasteiger partial charge is 0.326 e. The number of carboxylic acids is 1. The number of aliphatic carboxylic acids is 1. The highest BCUT2D eigenvalue weighted by Crippen LogP contribution is 2.31. The van der Waals surface area contributed by atoms with Crippen LogP contribution >= 0.6 is 0 Å². The van der Waals surface area contributed by atoms with Gasteiger partial charge < -0.3 is 15.2 Å². The molecule has 1 atom stereocenters. The number of hydrogen-bond acceptors (Lipinski definition) is 4. The monoisotopic (exact) mass is 274 g/mol. The number of ether oxygens (including phenoxy) is 1. The van der Waals surface area contributed by atoms with Crippen LogP contribution in [0.4, 0.5) is 5.82 Å². The summed E-state index contributed by atoms with van der Waals surface area (Å²) in [6, 6.07) is 6.84. The Morgan fingerprint density at radius 2 is 2.10 bits per heavy atom. The third-order valence-corrected chi connectivity index (χ3v) is 3.20. The highest BCUT2D eigenvalue weighted by Gasteiger charge is 2.23. The summed E-state index contributed by atoms with van der Waals surface area (Å²) in [7, 11) is 1.59. The number of anilines is 1. The Balaban J connectivity index is 2.51. The van der Waals surface area contributed by atoms with Crippen LogP contribution in [0.15, 0.2) is 30.5 Å². The fourth-order valence-electron chi connectivity index (χ4n) is 2.14. The van der Waals surface area contributed by atoms with Gasteiger partial charge in [-0.3, -0.25) is 0 Å². The Morgan fingerprint density at radius 3 is 2.70 bits per heavy atom. The lowest BCUT2D eigenvalue weighted by Gasteiger charge is -2.20. The van der Waals surface area contributed by atoms with Gasteiger partial charge in [0.05, 0.1) is 12.5 Å². The molecular weight excluding hydrogens is 256 g/mol. The third-order valence-electron chi connectivity index (χ3n) is 3.20. The van der Waals surface area contributed by atoms with Crippen LogP contribution in [0.3, 0.4) is 0 Å². The highest BCUT2D eigenvalue weighted by atomic mass is 16.5. The van der Waals surface area contributed by atoms with E-state index in [4.69, 9.17) is 4.74 Å². The molecule has 0 spiro atoms. The average molecular weight is 274 g/mol. The van der Waals surface area contributed by atoms with Crippen molar-refractivity contribution >= 4 is 22.6 Å². The molecule has 0 saturated heterocycles. The summed E-state index contributed by atoms with van der Waals surface area (Å²) in [6.07, 6.45) is 1.66. The van der Waals surface area contributed by atoms with Crippen molar-refractivity contribution in [1.82, 2.24) is 4.98 Å². The number of hydrogen-bond donors (Lipinski definition) is 2. The van der Waals surface area contributed by atoms with Crippen LogP contribution in [0.2, 0.25) is 0 Å². The minimum Gasteiger partial charge on any atom is -0.496 e. The molecule has 0 aliphatic rings. The number of pyridine rings is 1. The summed E-state index contributed by atoms with van der Waals surface area (Å²) < 4.78 is 5.34. The number of carboxylic acid groups (broad SMARTS) is 1.